The third kappa shape index (κ3) is 1.53. The average Bonchev–Trinajstić information content (AvgIpc) is 2.65. The molecule has 0 unspecified atom stereocenters. The summed E-state index contributed by atoms with van der Waals surface area (Å²) in [6.07, 6.45) is 3.40. The maximum atomic E-state index is 4.24. The summed E-state index contributed by atoms with van der Waals surface area (Å²) < 4.78 is 0. The van der Waals surface area contributed by atoms with Crippen molar-refractivity contribution in [1.29, 1.82) is 0 Å². The van der Waals surface area contributed by atoms with E-state index < -0.39 is 0 Å². The van der Waals surface area contributed by atoms with E-state index in [0.717, 1.165) is 23.9 Å². The van der Waals surface area contributed by atoms with Gasteiger partial charge in [-0.15, -0.1) is 0 Å². The van der Waals surface area contributed by atoms with Crippen LogP contribution in [0.15, 0.2) is 16.2 Å². The first-order chi connectivity index (χ1) is 6.81. The summed E-state index contributed by atoms with van der Waals surface area (Å²) in [4.78, 5) is 17.7. The van der Waals surface area contributed by atoms with Crippen LogP contribution in [0.2, 0.25) is 0 Å². The molecule has 5 heteroatoms. The molecule has 2 rings (SSSR count). The number of H-pyrrole nitrogens is 1. The Bertz CT molecular complexity index is 376. The number of aliphatic imine (C=N–C) groups is 2. The summed E-state index contributed by atoms with van der Waals surface area (Å²) in [5.74, 6) is 1.82. The van der Waals surface area contributed by atoms with Gasteiger partial charge in [-0.25, -0.2) is 9.98 Å². The van der Waals surface area contributed by atoms with Crippen molar-refractivity contribution < 1.29 is 0 Å². The Labute approximate surface area is 82.6 Å². The number of hydrogen-bond acceptors (Lipinski definition) is 4. The lowest BCUT2D eigenvalue weighted by molar-refractivity contribution is 0.452. The van der Waals surface area contributed by atoms with Crippen LogP contribution in [0, 0.1) is 6.92 Å². The molecule has 2 heterocycles. The van der Waals surface area contributed by atoms with Gasteiger partial charge in [0.2, 0.25) is 0 Å². The largest absolute Gasteiger partial charge is 0.340 e. The van der Waals surface area contributed by atoms with Crippen molar-refractivity contribution >= 4 is 12.2 Å². The third-order valence-electron chi connectivity index (χ3n) is 2.14. The minimum atomic E-state index is 0.674. The first-order valence-electron chi connectivity index (χ1n) is 4.64. The van der Waals surface area contributed by atoms with Crippen molar-refractivity contribution in [2.24, 2.45) is 9.98 Å². The van der Waals surface area contributed by atoms with Crippen molar-refractivity contribution in [3.05, 3.63) is 17.7 Å². The first kappa shape index (κ1) is 8.93. The van der Waals surface area contributed by atoms with Crippen LogP contribution in [0.25, 0.3) is 0 Å². The highest BCUT2D eigenvalue weighted by Gasteiger charge is 2.14. The lowest BCUT2D eigenvalue weighted by atomic mass is 10.3. The van der Waals surface area contributed by atoms with Crippen LogP contribution >= 0.6 is 0 Å². The fraction of sp³-hybridized carbons (Fsp3) is 0.444. The predicted molar refractivity (Wildman–Crippen MR) is 55.6 cm³/mol. The molecular weight excluding hydrogens is 178 g/mol. The number of nitrogens with zero attached hydrogens (tertiary/aromatic N) is 4. The molecule has 0 bridgehead atoms. The van der Waals surface area contributed by atoms with Crippen molar-refractivity contribution in [3.8, 4) is 0 Å². The molecular formula is C9H13N5. The number of aromatic nitrogens is 2. The molecule has 14 heavy (non-hydrogen) atoms. The second-order valence-corrected chi connectivity index (χ2v) is 3.13. The van der Waals surface area contributed by atoms with E-state index in [2.05, 4.69) is 31.8 Å². The Balaban J connectivity index is 2.31. The van der Waals surface area contributed by atoms with Gasteiger partial charge < -0.3 is 9.88 Å². The second kappa shape index (κ2) is 3.61. The van der Waals surface area contributed by atoms with Crippen molar-refractivity contribution in [1.82, 2.24) is 14.9 Å². The zero-order valence-corrected chi connectivity index (χ0v) is 8.36. The summed E-state index contributed by atoms with van der Waals surface area (Å²) >= 11 is 0. The number of nitrogens with one attached hydrogen (secondary N) is 1. The molecule has 0 aromatic carbocycles. The summed E-state index contributed by atoms with van der Waals surface area (Å²) in [7, 11) is 0. The van der Waals surface area contributed by atoms with E-state index in [4.69, 9.17) is 0 Å². The van der Waals surface area contributed by atoms with E-state index in [1.54, 1.807) is 12.5 Å². The standard InChI is InChI=1S/C9H13N5/c1-3-14-6-10-5-12-9(14)8-4-11-7(2)13-8/h4-5H,3,6H2,1-2H3,(H,11,13). The number of hydrogen-bond donors (Lipinski definition) is 1. The molecule has 1 aliphatic rings. The van der Waals surface area contributed by atoms with Crippen LogP contribution in [0.1, 0.15) is 18.4 Å². The van der Waals surface area contributed by atoms with Gasteiger partial charge >= 0.3 is 0 Å². The SMILES string of the molecule is CCN1CN=CN=C1c1cnc(C)[nH]1. The molecule has 0 aliphatic carbocycles. The number of amidine groups is 1. The van der Waals surface area contributed by atoms with Crippen LogP contribution in [0.4, 0.5) is 0 Å². The number of aryl methyl sites for hydroxylation is 1. The topological polar surface area (TPSA) is 56.6 Å². The minimum Gasteiger partial charge on any atom is -0.340 e. The summed E-state index contributed by atoms with van der Waals surface area (Å²) in [5.41, 5.74) is 0.954. The zero-order chi connectivity index (χ0) is 9.97. The Morgan fingerprint density at radius 2 is 2.43 bits per heavy atom. The van der Waals surface area contributed by atoms with E-state index >= 15 is 0 Å². The molecule has 0 fully saturated rings. The summed E-state index contributed by atoms with van der Waals surface area (Å²) in [6, 6.07) is 0. The zero-order valence-electron chi connectivity index (χ0n) is 8.36. The van der Waals surface area contributed by atoms with E-state index in [9.17, 15) is 0 Å². The Hall–Kier alpha value is -1.65. The fourth-order valence-electron chi connectivity index (χ4n) is 1.40. The molecule has 0 saturated carbocycles. The summed E-state index contributed by atoms with van der Waals surface area (Å²) in [5, 5.41) is 0. The number of rotatable bonds is 2. The second-order valence-electron chi connectivity index (χ2n) is 3.13. The quantitative estimate of drug-likeness (QED) is 0.751. The van der Waals surface area contributed by atoms with Gasteiger partial charge in [-0.1, -0.05) is 0 Å². The van der Waals surface area contributed by atoms with Gasteiger partial charge in [0.25, 0.3) is 0 Å². The van der Waals surface area contributed by atoms with E-state index in [1.807, 2.05) is 6.92 Å². The van der Waals surface area contributed by atoms with Crippen LogP contribution in [-0.2, 0) is 0 Å². The Morgan fingerprint density at radius 1 is 1.57 bits per heavy atom. The van der Waals surface area contributed by atoms with E-state index in [1.165, 1.54) is 0 Å². The highest BCUT2D eigenvalue weighted by molar-refractivity contribution is 6.01. The van der Waals surface area contributed by atoms with Gasteiger partial charge in [0, 0.05) is 6.54 Å². The van der Waals surface area contributed by atoms with E-state index in [-0.39, 0.29) is 0 Å². The van der Waals surface area contributed by atoms with Gasteiger partial charge in [-0.3, -0.25) is 4.99 Å². The van der Waals surface area contributed by atoms with Crippen LogP contribution in [-0.4, -0.2) is 40.3 Å². The Morgan fingerprint density at radius 3 is 3.07 bits per heavy atom. The summed E-state index contributed by atoms with van der Waals surface area (Å²) in [6.45, 7) is 5.58. The first-order valence-corrected chi connectivity index (χ1v) is 4.64. The minimum absolute atomic E-state index is 0.674. The molecule has 5 nitrogen and oxygen atoms in total. The monoisotopic (exact) mass is 191 g/mol. The number of aromatic amines is 1. The maximum Gasteiger partial charge on any atom is 0.157 e. The molecule has 74 valence electrons. The maximum absolute atomic E-state index is 4.24. The fourth-order valence-corrected chi connectivity index (χ4v) is 1.40. The molecule has 1 N–H and O–H groups in total. The van der Waals surface area contributed by atoms with Crippen LogP contribution < -0.4 is 0 Å². The molecule has 0 atom stereocenters. The molecule has 0 amide bonds. The van der Waals surface area contributed by atoms with Crippen LogP contribution in [0.5, 0.6) is 0 Å². The normalized spacial score (nSPS) is 15.9. The molecule has 1 aromatic rings. The van der Waals surface area contributed by atoms with Gasteiger partial charge in [-0.05, 0) is 13.8 Å². The van der Waals surface area contributed by atoms with Gasteiger partial charge in [0.15, 0.2) is 5.84 Å². The molecule has 1 aromatic heterocycles. The molecule has 0 spiro atoms. The average molecular weight is 191 g/mol. The van der Waals surface area contributed by atoms with Crippen molar-refractivity contribution in [2.45, 2.75) is 13.8 Å². The predicted octanol–water partition coefficient (Wildman–Crippen LogP) is 0.786. The lowest BCUT2D eigenvalue weighted by Gasteiger charge is -2.23. The third-order valence-corrected chi connectivity index (χ3v) is 2.14. The molecule has 1 aliphatic heterocycles. The number of imidazole rings is 1. The molecule has 0 saturated heterocycles. The van der Waals surface area contributed by atoms with Gasteiger partial charge in [-0.2, -0.15) is 0 Å². The Kier molecular flexibility index (Phi) is 2.30. The smallest absolute Gasteiger partial charge is 0.157 e. The van der Waals surface area contributed by atoms with Crippen LogP contribution in [0.3, 0.4) is 0 Å². The van der Waals surface area contributed by atoms with Crippen molar-refractivity contribution in [3.63, 3.8) is 0 Å². The van der Waals surface area contributed by atoms with Crippen molar-refractivity contribution in [2.75, 3.05) is 13.2 Å². The lowest BCUT2D eigenvalue weighted by Crippen LogP contribution is -2.34. The molecule has 0 radical (unpaired) electrons. The highest BCUT2D eigenvalue weighted by atomic mass is 15.3. The van der Waals surface area contributed by atoms with Gasteiger partial charge in [0.05, 0.1) is 6.20 Å². The van der Waals surface area contributed by atoms with Gasteiger partial charge in [0.1, 0.15) is 24.5 Å². The highest BCUT2D eigenvalue weighted by Crippen LogP contribution is 2.06. The van der Waals surface area contributed by atoms with E-state index in [0.29, 0.717) is 6.67 Å².